The van der Waals surface area contributed by atoms with Crippen molar-refractivity contribution in [2.24, 2.45) is 0 Å². The molecule has 1 heterocycles. The number of carbonyl (C=O) groups is 1. The Morgan fingerprint density at radius 3 is 2.24 bits per heavy atom. The van der Waals surface area contributed by atoms with Gasteiger partial charge < -0.3 is 5.32 Å². The van der Waals surface area contributed by atoms with Crippen molar-refractivity contribution in [1.29, 1.82) is 0 Å². The lowest BCUT2D eigenvalue weighted by molar-refractivity contribution is -0.125. The van der Waals surface area contributed by atoms with Crippen molar-refractivity contribution in [3.8, 4) is 0 Å². The maximum Gasteiger partial charge on any atom is 0.234 e. The Morgan fingerprint density at radius 1 is 1.00 bits per heavy atom. The van der Waals surface area contributed by atoms with Crippen molar-refractivity contribution in [3.63, 3.8) is 0 Å². The van der Waals surface area contributed by atoms with Gasteiger partial charge in [0.25, 0.3) is 0 Å². The molecule has 0 aromatic heterocycles. The van der Waals surface area contributed by atoms with E-state index in [1.165, 1.54) is 37.7 Å². The first-order valence-corrected chi connectivity index (χ1v) is 8.37. The summed E-state index contributed by atoms with van der Waals surface area (Å²) in [6.45, 7) is 2.71. The maximum absolute atomic E-state index is 12.5. The van der Waals surface area contributed by atoms with E-state index in [0.717, 1.165) is 25.9 Å². The summed E-state index contributed by atoms with van der Waals surface area (Å²) in [5, 5.41) is 3.33. The summed E-state index contributed by atoms with van der Waals surface area (Å²) in [5.41, 5.74) is 1.17. The third kappa shape index (κ3) is 3.46. The Kier molecular flexibility index (Phi) is 4.59. The van der Waals surface area contributed by atoms with E-state index >= 15 is 0 Å². The second kappa shape index (κ2) is 6.61. The van der Waals surface area contributed by atoms with Crippen LogP contribution in [-0.4, -0.2) is 30.4 Å². The number of likely N-dealkylation sites (tertiary alicyclic amines) is 1. The molecule has 0 spiro atoms. The van der Waals surface area contributed by atoms with Crippen LogP contribution in [0, 0.1) is 0 Å². The van der Waals surface area contributed by atoms with Crippen molar-refractivity contribution in [2.75, 3.05) is 19.6 Å². The molecule has 1 aliphatic carbocycles. The van der Waals surface area contributed by atoms with Crippen LogP contribution in [-0.2, 0) is 10.3 Å². The smallest absolute Gasteiger partial charge is 0.234 e. The van der Waals surface area contributed by atoms with E-state index in [-0.39, 0.29) is 11.4 Å². The summed E-state index contributed by atoms with van der Waals surface area (Å²) in [6, 6.07) is 10.5. The SMILES string of the molecule is O=C(CN1CCCCCC1)NC1(c2ccccc2)CCC1. The topological polar surface area (TPSA) is 32.3 Å². The number of amides is 1. The highest BCUT2D eigenvalue weighted by Crippen LogP contribution is 2.41. The highest BCUT2D eigenvalue weighted by atomic mass is 16.2. The van der Waals surface area contributed by atoms with Crippen LogP contribution < -0.4 is 5.32 Å². The molecule has 1 aromatic rings. The van der Waals surface area contributed by atoms with Gasteiger partial charge in [-0.2, -0.15) is 0 Å². The van der Waals surface area contributed by atoms with Crippen LogP contribution in [0.15, 0.2) is 30.3 Å². The van der Waals surface area contributed by atoms with Gasteiger partial charge in [0, 0.05) is 0 Å². The molecule has 2 aliphatic rings. The van der Waals surface area contributed by atoms with Crippen molar-refractivity contribution in [3.05, 3.63) is 35.9 Å². The first-order chi connectivity index (χ1) is 10.3. The Labute approximate surface area is 127 Å². The normalized spacial score (nSPS) is 22.1. The monoisotopic (exact) mass is 286 g/mol. The van der Waals surface area contributed by atoms with Gasteiger partial charge in [0.2, 0.25) is 5.91 Å². The minimum atomic E-state index is -0.0931. The minimum Gasteiger partial charge on any atom is -0.345 e. The molecule has 3 nitrogen and oxygen atoms in total. The van der Waals surface area contributed by atoms with Crippen LogP contribution in [0.3, 0.4) is 0 Å². The highest BCUT2D eigenvalue weighted by Gasteiger charge is 2.39. The van der Waals surface area contributed by atoms with E-state index in [9.17, 15) is 4.79 Å². The summed E-state index contributed by atoms with van der Waals surface area (Å²) in [4.78, 5) is 14.8. The largest absolute Gasteiger partial charge is 0.345 e. The second-order valence-corrected chi connectivity index (χ2v) is 6.54. The fraction of sp³-hybridized carbons (Fsp3) is 0.611. The molecular weight excluding hydrogens is 260 g/mol. The van der Waals surface area contributed by atoms with Crippen LogP contribution in [0.5, 0.6) is 0 Å². The van der Waals surface area contributed by atoms with Crippen molar-refractivity contribution < 1.29 is 4.79 Å². The third-order valence-electron chi connectivity index (χ3n) is 4.98. The van der Waals surface area contributed by atoms with Gasteiger partial charge in [-0.05, 0) is 50.8 Å². The lowest BCUT2D eigenvalue weighted by Crippen LogP contribution is -2.53. The predicted octanol–water partition coefficient (Wildman–Crippen LogP) is 3.06. The van der Waals surface area contributed by atoms with Crippen molar-refractivity contribution in [1.82, 2.24) is 10.2 Å². The molecule has 2 fully saturated rings. The molecule has 0 atom stereocenters. The summed E-state index contributed by atoms with van der Waals surface area (Å²) < 4.78 is 0. The van der Waals surface area contributed by atoms with Gasteiger partial charge in [-0.15, -0.1) is 0 Å². The zero-order valence-corrected chi connectivity index (χ0v) is 12.8. The summed E-state index contributed by atoms with van der Waals surface area (Å²) >= 11 is 0. The zero-order chi connectivity index (χ0) is 14.5. The molecule has 3 rings (SSSR count). The lowest BCUT2D eigenvalue weighted by atomic mass is 9.72. The number of nitrogens with zero attached hydrogens (tertiary/aromatic N) is 1. The van der Waals surface area contributed by atoms with Crippen LogP contribution >= 0.6 is 0 Å². The standard InChI is InChI=1S/C18H26N2O/c21-17(15-20-13-6-1-2-7-14-20)19-18(11-8-12-18)16-9-4-3-5-10-16/h3-5,9-10H,1-2,6-8,11-15H2,(H,19,21). The van der Waals surface area contributed by atoms with Crippen LogP contribution in [0.4, 0.5) is 0 Å². The highest BCUT2D eigenvalue weighted by molar-refractivity contribution is 5.79. The van der Waals surface area contributed by atoms with Crippen molar-refractivity contribution >= 4 is 5.91 Å². The van der Waals surface area contributed by atoms with Gasteiger partial charge in [0.1, 0.15) is 0 Å². The molecule has 1 N–H and O–H groups in total. The molecule has 0 bridgehead atoms. The molecule has 1 saturated heterocycles. The summed E-state index contributed by atoms with van der Waals surface area (Å²) in [6.07, 6.45) is 8.44. The van der Waals surface area contributed by atoms with Crippen LogP contribution in [0.25, 0.3) is 0 Å². The Hall–Kier alpha value is -1.35. The number of hydrogen-bond donors (Lipinski definition) is 1. The predicted molar refractivity (Wildman–Crippen MR) is 85.0 cm³/mol. The number of nitrogens with one attached hydrogen (secondary N) is 1. The van der Waals surface area contributed by atoms with Gasteiger partial charge in [-0.3, -0.25) is 9.69 Å². The van der Waals surface area contributed by atoms with Gasteiger partial charge in [0.15, 0.2) is 0 Å². The number of hydrogen-bond acceptors (Lipinski definition) is 2. The van der Waals surface area contributed by atoms with Gasteiger partial charge in [-0.1, -0.05) is 43.2 Å². The third-order valence-corrected chi connectivity index (χ3v) is 4.98. The minimum absolute atomic E-state index is 0.0931. The first-order valence-electron chi connectivity index (χ1n) is 8.37. The average Bonchev–Trinajstić information content (AvgIpc) is 2.72. The second-order valence-electron chi connectivity index (χ2n) is 6.54. The molecule has 0 unspecified atom stereocenters. The molecule has 3 heteroatoms. The number of carbonyl (C=O) groups excluding carboxylic acids is 1. The fourth-order valence-electron chi connectivity index (χ4n) is 3.58. The molecule has 1 aliphatic heterocycles. The lowest BCUT2D eigenvalue weighted by Gasteiger charge is -2.43. The molecular formula is C18H26N2O. The molecule has 0 radical (unpaired) electrons. The quantitative estimate of drug-likeness (QED) is 0.922. The Balaban J connectivity index is 1.60. The van der Waals surface area contributed by atoms with Crippen LogP contribution in [0.1, 0.15) is 50.5 Å². The average molecular weight is 286 g/mol. The van der Waals surface area contributed by atoms with E-state index in [2.05, 4.69) is 34.5 Å². The van der Waals surface area contributed by atoms with Gasteiger partial charge in [0.05, 0.1) is 12.1 Å². The van der Waals surface area contributed by atoms with Gasteiger partial charge in [-0.25, -0.2) is 0 Å². The van der Waals surface area contributed by atoms with E-state index in [4.69, 9.17) is 0 Å². The summed E-state index contributed by atoms with van der Waals surface area (Å²) in [7, 11) is 0. The van der Waals surface area contributed by atoms with E-state index < -0.39 is 0 Å². The van der Waals surface area contributed by atoms with E-state index in [0.29, 0.717) is 6.54 Å². The molecule has 1 aromatic carbocycles. The fourth-order valence-corrected chi connectivity index (χ4v) is 3.58. The number of rotatable bonds is 4. The molecule has 1 amide bonds. The number of benzene rings is 1. The molecule has 1 saturated carbocycles. The molecule has 114 valence electrons. The van der Waals surface area contributed by atoms with E-state index in [1.54, 1.807) is 0 Å². The molecule has 21 heavy (non-hydrogen) atoms. The van der Waals surface area contributed by atoms with Gasteiger partial charge >= 0.3 is 0 Å². The van der Waals surface area contributed by atoms with Crippen molar-refractivity contribution in [2.45, 2.75) is 50.5 Å². The maximum atomic E-state index is 12.5. The Bertz CT molecular complexity index is 459. The zero-order valence-electron chi connectivity index (χ0n) is 12.8. The first kappa shape index (κ1) is 14.6. The van der Waals surface area contributed by atoms with E-state index in [1.807, 2.05) is 6.07 Å². The van der Waals surface area contributed by atoms with Crippen LogP contribution in [0.2, 0.25) is 0 Å². The summed E-state index contributed by atoms with van der Waals surface area (Å²) in [5.74, 6) is 0.195. The Morgan fingerprint density at radius 2 is 1.67 bits per heavy atom.